The fourth-order valence-electron chi connectivity index (χ4n) is 8.71. The second kappa shape index (κ2) is 63.4. The molecule has 0 aromatic rings. The van der Waals surface area contributed by atoms with Gasteiger partial charge in [0, 0.05) is 12.8 Å². The average Bonchev–Trinajstić information content (AvgIpc) is 3.61. The molecule has 0 bridgehead atoms. The molecule has 0 heterocycles. The van der Waals surface area contributed by atoms with Crippen molar-refractivity contribution in [3.05, 3.63) is 146 Å². The van der Waals surface area contributed by atoms with Gasteiger partial charge in [0.15, 0.2) is 6.10 Å². The number of likely N-dealkylation sites (N-methyl/N-ethyl adjacent to an activating group) is 1. The number of ether oxygens (including phenoxy) is 2. The number of quaternary nitrogens is 1. The van der Waals surface area contributed by atoms with Gasteiger partial charge in [-0.15, -0.1) is 0 Å². The third-order valence-electron chi connectivity index (χ3n) is 13.8. The molecular weight excluding hydrogens is 1060 g/mol. The van der Waals surface area contributed by atoms with E-state index in [0.29, 0.717) is 17.4 Å². The molecule has 0 aliphatic rings. The molecule has 9 nitrogen and oxygen atoms in total. The lowest BCUT2D eigenvalue weighted by Crippen LogP contribution is -2.37. The Kier molecular flexibility index (Phi) is 60.3. The molecule has 0 spiro atoms. The maximum absolute atomic E-state index is 12.8. The summed E-state index contributed by atoms with van der Waals surface area (Å²) in [5.74, 6) is -0.848. The summed E-state index contributed by atoms with van der Waals surface area (Å²) in [6, 6.07) is 0. The summed E-state index contributed by atoms with van der Waals surface area (Å²) < 4.78 is 34.2. The molecule has 0 aromatic heterocycles. The van der Waals surface area contributed by atoms with E-state index in [4.69, 9.17) is 18.5 Å². The second-order valence-electron chi connectivity index (χ2n) is 23.1. The number of hydrogen-bond donors (Lipinski definition) is 0. The van der Waals surface area contributed by atoms with Crippen LogP contribution >= 0.6 is 7.82 Å². The third-order valence-corrected chi connectivity index (χ3v) is 14.8. The normalized spacial score (nSPS) is 14.1. The van der Waals surface area contributed by atoms with Gasteiger partial charge < -0.3 is 27.9 Å². The van der Waals surface area contributed by atoms with Gasteiger partial charge in [0.2, 0.25) is 0 Å². The lowest BCUT2D eigenvalue weighted by Gasteiger charge is -2.28. The maximum Gasteiger partial charge on any atom is 0.306 e. The summed E-state index contributed by atoms with van der Waals surface area (Å²) >= 11 is 0. The lowest BCUT2D eigenvalue weighted by atomic mass is 10.0. The van der Waals surface area contributed by atoms with Crippen molar-refractivity contribution < 1.29 is 42.1 Å². The summed E-state index contributed by atoms with van der Waals surface area (Å²) in [7, 11) is 1.15. The largest absolute Gasteiger partial charge is 0.756 e. The van der Waals surface area contributed by atoms with Crippen molar-refractivity contribution in [2.75, 3.05) is 47.5 Å². The standard InChI is InChI=1S/C74H124NO8P/c1-6-8-10-12-14-16-18-20-22-24-26-27-28-29-30-31-32-33-34-35-36-37-38-39-40-41-42-43-44-45-46-47-49-51-53-55-57-59-61-63-65-67-74(77)83-72(71-82-84(78,79)81-69-68-75(3,4)5)70-80-73(76)66-64-62-60-58-56-54-52-50-48-25-23-21-19-17-15-13-11-9-7-2/h8,10,14-17,20-23,26-27,29-30,32-33,35-36,38-39,41-42,44-45,72H,6-7,9,11-13,18-19,24-25,28,31,34,37,40,43,46-71H2,1-5H3/b10-8-,16-14-,17-15-,22-20-,23-21-,27-26-,30-29-,33-32-,36-35-,39-38-,42-41-,45-44-. The van der Waals surface area contributed by atoms with Crippen molar-refractivity contribution in [3.8, 4) is 0 Å². The molecule has 84 heavy (non-hydrogen) atoms. The van der Waals surface area contributed by atoms with Crippen LogP contribution < -0.4 is 4.89 Å². The first-order valence-corrected chi connectivity index (χ1v) is 35.0. The SMILES string of the molecule is CC/C=C\C/C=C\C/C=C\C/C=C\C/C=C\C/C=C\C/C=C\C/C=C\C/C=C\C/C=C\CCCCCCCCCCCCC(=O)OC(COC(=O)CCCCCCCCCCC/C=C\C/C=C\CCCCC)COP(=O)([O-])OCC[N+](C)(C)C. The van der Waals surface area contributed by atoms with Crippen molar-refractivity contribution in [1.29, 1.82) is 0 Å². The zero-order valence-corrected chi connectivity index (χ0v) is 55.2. The number of phosphoric ester groups is 1. The predicted molar refractivity (Wildman–Crippen MR) is 360 cm³/mol. The van der Waals surface area contributed by atoms with Crippen molar-refractivity contribution >= 4 is 19.8 Å². The monoisotopic (exact) mass is 1190 g/mol. The molecule has 0 fully saturated rings. The molecule has 2 atom stereocenters. The third kappa shape index (κ3) is 67.0. The number of phosphoric acid groups is 1. The van der Waals surface area contributed by atoms with Crippen LogP contribution in [0.4, 0.5) is 0 Å². The van der Waals surface area contributed by atoms with E-state index in [1.165, 1.54) is 96.3 Å². The first kappa shape index (κ1) is 79.9. The van der Waals surface area contributed by atoms with Crippen molar-refractivity contribution in [3.63, 3.8) is 0 Å². The first-order chi connectivity index (χ1) is 41.0. The van der Waals surface area contributed by atoms with Gasteiger partial charge in [0.25, 0.3) is 7.82 Å². The highest BCUT2D eigenvalue weighted by atomic mass is 31.2. The number of hydrogen-bond acceptors (Lipinski definition) is 8. The number of rotatable bonds is 60. The highest BCUT2D eigenvalue weighted by molar-refractivity contribution is 7.45. The lowest BCUT2D eigenvalue weighted by molar-refractivity contribution is -0.870. The number of carbonyl (C=O) groups excluding carboxylic acids is 2. The first-order valence-electron chi connectivity index (χ1n) is 33.5. The van der Waals surface area contributed by atoms with Gasteiger partial charge in [-0.3, -0.25) is 14.2 Å². The predicted octanol–water partition coefficient (Wildman–Crippen LogP) is 21.2. The molecule has 478 valence electrons. The topological polar surface area (TPSA) is 111 Å². The minimum atomic E-state index is -4.65. The number of esters is 2. The van der Waals surface area contributed by atoms with Crippen molar-refractivity contribution in [1.82, 2.24) is 0 Å². The van der Waals surface area contributed by atoms with E-state index in [1.54, 1.807) is 0 Å². The molecule has 0 aliphatic carbocycles. The van der Waals surface area contributed by atoms with Crippen LogP contribution in [-0.2, 0) is 32.7 Å². The zero-order chi connectivity index (χ0) is 61.2. The van der Waals surface area contributed by atoms with Crippen LogP contribution in [0, 0.1) is 0 Å². The van der Waals surface area contributed by atoms with Crippen LogP contribution in [0.5, 0.6) is 0 Å². The van der Waals surface area contributed by atoms with Gasteiger partial charge >= 0.3 is 11.9 Å². The molecule has 0 amide bonds. The molecule has 0 radical (unpaired) electrons. The fraction of sp³-hybridized carbons (Fsp3) is 0.649. The highest BCUT2D eigenvalue weighted by Gasteiger charge is 2.22. The van der Waals surface area contributed by atoms with Crippen LogP contribution in [0.3, 0.4) is 0 Å². The fourth-order valence-corrected chi connectivity index (χ4v) is 9.44. The Labute approximate surface area is 516 Å². The van der Waals surface area contributed by atoms with E-state index in [1.807, 2.05) is 21.1 Å². The molecule has 0 saturated heterocycles. The summed E-state index contributed by atoms with van der Waals surface area (Å²) in [5.41, 5.74) is 0. The van der Waals surface area contributed by atoms with Gasteiger partial charge in [-0.2, -0.15) is 0 Å². The summed E-state index contributed by atoms with van der Waals surface area (Å²) in [6.45, 7) is 4.09. The van der Waals surface area contributed by atoms with Gasteiger partial charge in [-0.05, 0) is 122 Å². The molecule has 0 saturated carbocycles. The van der Waals surface area contributed by atoms with Crippen LogP contribution in [0.15, 0.2) is 146 Å². The number of unbranched alkanes of at least 4 members (excludes halogenated alkanes) is 22. The Hall–Kier alpha value is -4.11. The van der Waals surface area contributed by atoms with E-state index < -0.39 is 32.5 Å². The zero-order valence-electron chi connectivity index (χ0n) is 54.3. The van der Waals surface area contributed by atoms with E-state index in [2.05, 4.69) is 160 Å². The quantitative estimate of drug-likeness (QED) is 0.0195. The number of allylic oxidation sites excluding steroid dienone is 24. The van der Waals surface area contributed by atoms with Gasteiger partial charge in [0.1, 0.15) is 19.8 Å². The van der Waals surface area contributed by atoms with Gasteiger partial charge in [-0.25, -0.2) is 0 Å². The highest BCUT2D eigenvalue weighted by Crippen LogP contribution is 2.38. The van der Waals surface area contributed by atoms with E-state index in [0.717, 1.165) is 128 Å². The minimum absolute atomic E-state index is 0.0387. The van der Waals surface area contributed by atoms with E-state index in [9.17, 15) is 19.0 Å². The van der Waals surface area contributed by atoms with Crippen molar-refractivity contribution in [2.24, 2.45) is 0 Å². The maximum atomic E-state index is 12.8. The summed E-state index contributed by atoms with van der Waals surface area (Å²) in [4.78, 5) is 38.0. The van der Waals surface area contributed by atoms with Gasteiger partial charge in [-0.1, -0.05) is 269 Å². The smallest absolute Gasteiger partial charge is 0.306 e. The van der Waals surface area contributed by atoms with Gasteiger partial charge in [0.05, 0.1) is 27.7 Å². The Morgan fingerprint density at radius 1 is 0.381 bits per heavy atom. The molecule has 2 unspecified atom stereocenters. The molecule has 10 heteroatoms. The molecule has 0 aromatic carbocycles. The Bertz CT molecular complexity index is 1930. The number of carbonyl (C=O) groups is 2. The Balaban J connectivity index is 4.10. The van der Waals surface area contributed by atoms with Crippen LogP contribution in [0.25, 0.3) is 0 Å². The Morgan fingerprint density at radius 2 is 0.679 bits per heavy atom. The van der Waals surface area contributed by atoms with Crippen LogP contribution in [0.1, 0.15) is 258 Å². The Morgan fingerprint density at radius 3 is 1.01 bits per heavy atom. The second-order valence-corrected chi connectivity index (χ2v) is 24.5. The summed E-state index contributed by atoms with van der Waals surface area (Å²) in [5, 5.41) is 0. The van der Waals surface area contributed by atoms with E-state index in [-0.39, 0.29) is 26.1 Å². The molecule has 0 N–H and O–H groups in total. The summed E-state index contributed by atoms with van der Waals surface area (Å²) in [6.07, 6.45) is 93.4. The average molecular weight is 1190 g/mol. The molecule has 0 aliphatic heterocycles. The van der Waals surface area contributed by atoms with E-state index >= 15 is 0 Å². The van der Waals surface area contributed by atoms with Crippen molar-refractivity contribution in [2.45, 2.75) is 264 Å². The van der Waals surface area contributed by atoms with Crippen LogP contribution in [-0.4, -0.2) is 70.0 Å². The molecule has 0 rings (SSSR count). The molecular formula is C74H124NO8P. The minimum Gasteiger partial charge on any atom is -0.756 e. The van der Waals surface area contributed by atoms with Crippen LogP contribution in [0.2, 0.25) is 0 Å². The number of nitrogens with zero attached hydrogens (tertiary/aromatic N) is 1.